The molecule has 5 rings (SSSR count). The molecule has 5 aliphatic rings. The van der Waals surface area contributed by atoms with Gasteiger partial charge in [0.2, 0.25) is 0 Å². The quantitative estimate of drug-likeness (QED) is 0.364. The van der Waals surface area contributed by atoms with Gasteiger partial charge in [-0.05, 0) is 126 Å². The predicted octanol–water partition coefficient (Wildman–Crippen LogP) is 7.20. The summed E-state index contributed by atoms with van der Waals surface area (Å²) in [4.78, 5) is 11.8. The Morgan fingerprint density at radius 3 is 2.22 bits per heavy atom. The highest BCUT2D eigenvalue weighted by Gasteiger charge is 2.70. The van der Waals surface area contributed by atoms with E-state index in [0.717, 1.165) is 30.6 Å². The summed E-state index contributed by atoms with van der Waals surface area (Å²) in [6.07, 6.45) is 13.4. The van der Waals surface area contributed by atoms with Gasteiger partial charge in [0.05, 0.1) is 6.10 Å². The minimum absolute atomic E-state index is 0.0233. The normalized spacial score (nSPS) is 56.3. The molecule has 0 aromatic rings. The predicted molar refractivity (Wildman–Crippen MR) is 131 cm³/mol. The maximum atomic E-state index is 11.8. The first-order chi connectivity index (χ1) is 14.8. The van der Waals surface area contributed by atoms with Crippen LogP contribution in [0.1, 0.15) is 106 Å². The number of allylic oxidation sites excluding steroid dienone is 1. The zero-order valence-electron chi connectivity index (χ0n) is 21.7. The second kappa shape index (κ2) is 6.96. The summed E-state index contributed by atoms with van der Waals surface area (Å²) in [5, 5.41) is 10.9. The first-order valence-corrected chi connectivity index (χ1v) is 13.7. The maximum Gasteiger partial charge on any atom is 0.145 e. The molecule has 0 spiro atoms. The van der Waals surface area contributed by atoms with Crippen LogP contribution >= 0.6 is 0 Å². The van der Waals surface area contributed by atoms with Crippen LogP contribution in [0.3, 0.4) is 0 Å². The average molecular weight is 441 g/mol. The van der Waals surface area contributed by atoms with Gasteiger partial charge < -0.3 is 5.11 Å². The summed E-state index contributed by atoms with van der Waals surface area (Å²) in [7, 11) is 0. The van der Waals surface area contributed by atoms with E-state index in [9.17, 15) is 9.90 Å². The third-order valence-corrected chi connectivity index (χ3v) is 13.5. The summed E-state index contributed by atoms with van der Waals surface area (Å²) in [5.41, 5.74) is 2.33. The zero-order chi connectivity index (χ0) is 23.3. The van der Waals surface area contributed by atoms with Crippen LogP contribution in [0.4, 0.5) is 0 Å². The summed E-state index contributed by atoms with van der Waals surface area (Å²) in [6, 6.07) is 0. The number of aliphatic hydroxyl groups excluding tert-OH is 1. The molecule has 5 aliphatic carbocycles. The topological polar surface area (TPSA) is 37.3 Å². The summed E-state index contributed by atoms with van der Waals surface area (Å²) >= 11 is 0. The first-order valence-electron chi connectivity index (χ1n) is 13.7. The van der Waals surface area contributed by atoms with Gasteiger partial charge in [0.25, 0.3) is 0 Å². The Morgan fingerprint density at radius 1 is 0.812 bits per heavy atom. The molecular weight excluding hydrogens is 392 g/mol. The molecule has 0 radical (unpaired) electrons. The van der Waals surface area contributed by atoms with E-state index < -0.39 is 0 Å². The van der Waals surface area contributed by atoms with Crippen molar-refractivity contribution in [2.24, 2.45) is 56.7 Å². The van der Waals surface area contributed by atoms with Crippen molar-refractivity contribution < 1.29 is 9.90 Å². The third kappa shape index (κ3) is 2.65. The molecule has 0 aromatic carbocycles. The summed E-state index contributed by atoms with van der Waals surface area (Å²) < 4.78 is 0. The van der Waals surface area contributed by atoms with Crippen molar-refractivity contribution in [3.63, 3.8) is 0 Å². The second-order valence-corrected chi connectivity index (χ2v) is 14.6. The van der Waals surface area contributed by atoms with Crippen LogP contribution in [-0.2, 0) is 4.79 Å². The highest BCUT2D eigenvalue weighted by molar-refractivity contribution is 5.73. The Hall–Kier alpha value is -0.630. The monoisotopic (exact) mass is 440 g/mol. The van der Waals surface area contributed by atoms with Crippen LogP contribution < -0.4 is 0 Å². The first kappa shape index (κ1) is 23.1. The van der Waals surface area contributed by atoms with Crippen molar-refractivity contribution in [2.75, 3.05) is 0 Å². The van der Waals surface area contributed by atoms with E-state index >= 15 is 0 Å². The summed E-state index contributed by atoms with van der Waals surface area (Å²) in [6.45, 7) is 19.4. The smallest absolute Gasteiger partial charge is 0.145 e. The lowest BCUT2D eigenvalue weighted by molar-refractivity contribution is -0.246. The molecule has 0 bridgehead atoms. The van der Waals surface area contributed by atoms with Gasteiger partial charge in [-0.2, -0.15) is 0 Å². The van der Waals surface area contributed by atoms with E-state index in [2.05, 4.69) is 48.1 Å². The number of hydrogen-bond donors (Lipinski definition) is 1. The van der Waals surface area contributed by atoms with Gasteiger partial charge in [0.15, 0.2) is 0 Å². The molecule has 0 aliphatic heterocycles. The fourth-order valence-corrected chi connectivity index (χ4v) is 11.4. The number of carbonyl (C=O) groups excluding carboxylic acids is 1. The van der Waals surface area contributed by atoms with Crippen LogP contribution in [-0.4, -0.2) is 17.5 Å². The molecule has 0 aromatic heterocycles. The van der Waals surface area contributed by atoms with Crippen LogP contribution in [0, 0.1) is 56.7 Å². The number of rotatable bonds is 2. The van der Waals surface area contributed by atoms with Crippen LogP contribution in [0.5, 0.6) is 0 Å². The van der Waals surface area contributed by atoms with Crippen LogP contribution in [0.25, 0.3) is 0 Å². The largest absolute Gasteiger partial charge is 0.393 e. The Morgan fingerprint density at radius 2 is 1.53 bits per heavy atom. The van der Waals surface area contributed by atoms with Crippen molar-refractivity contribution >= 4 is 6.29 Å². The molecule has 2 unspecified atom stereocenters. The Kier molecular flexibility index (Phi) is 5.03. The fourth-order valence-electron chi connectivity index (χ4n) is 11.4. The molecule has 2 nitrogen and oxygen atoms in total. The molecule has 1 N–H and O–H groups in total. The third-order valence-electron chi connectivity index (χ3n) is 13.5. The highest BCUT2D eigenvalue weighted by Crippen LogP contribution is 2.77. The lowest BCUT2D eigenvalue weighted by atomic mass is 9.32. The molecular formula is C30H48O2. The minimum atomic E-state index is -0.152. The molecule has 32 heavy (non-hydrogen) atoms. The van der Waals surface area contributed by atoms with Gasteiger partial charge in [-0.3, -0.25) is 4.79 Å². The average Bonchev–Trinajstić information content (AvgIpc) is 3.09. The molecule has 0 saturated heterocycles. The Bertz CT molecular complexity index is 814. The van der Waals surface area contributed by atoms with Crippen LogP contribution in [0.15, 0.2) is 12.2 Å². The summed E-state index contributed by atoms with van der Waals surface area (Å²) in [5.74, 6) is 3.12. The number of hydrogen-bond acceptors (Lipinski definition) is 2. The Labute approximate surface area is 197 Å². The standard InChI is InChI=1S/C30H48O2/c1-19(18-31)20-10-13-27(4)16-17-29(6)21(25(20)27)8-9-23-28(5)14-12-24(32)26(2,3)22(28)11-15-30(23,29)7/h18,20-25,32H,1,8-17H2,2-7H3/t20?,21-,22+,23-,24?,25-,27-,28+,29-,30-/m1/s1. The van der Waals surface area contributed by atoms with Crippen molar-refractivity contribution in [1.82, 2.24) is 0 Å². The molecule has 0 amide bonds. The lowest BCUT2D eigenvalue weighted by Crippen LogP contribution is -2.66. The molecule has 10 atom stereocenters. The van der Waals surface area contributed by atoms with E-state index in [4.69, 9.17) is 0 Å². The van der Waals surface area contributed by atoms with Crippen molar-refractivity contribution in [2.45, 2.75) is 112 Å². The minimum Gasteiger partial charge on any atom is -0.393 e. The van der Waals surface area contributed by atoms with Gasteiger partial charge in [-0.1, -0.05) is 48.1 Å². The van der Waals surface area contributed by atoms with Crippen molar-refractivity contribution in [3.8, 4) is 0 Å². The molecule has 0 heterocycles. The molecule has 5 fully saturated rings. The molecule has 2 heteroatoms. The Balaban J connectivity index is 1.54. The number of aliphatic hydroxyl groups is 1. The maximum absolute atomic E-state index is 11.8. The molecule has 180 valence electrons. The highest BCUT2D eigenvalue weighted by atomic mass is 16.3. The number of fused-ring (bicyclic) bond motifs is 7. The lowest BCUT2D eigenvalue weighted by Gasteiger charge is -2.72. The number of aldehydes is 1. The second-order valence-electron chi connectivity index (χ2n) is 14.6. The van der Waals surface area contributed by atoms with Gasteiger partial charge in [0.1, 0.15) is 6.29 Å². The van der Waals surface area contributed by atoms with Gasteiger partial charge in [0, 0.05) is 0 Å². The van der Waals surface area contributed by atoms with Crippen molar-refractivity contribution in [3.05, 3.63) is 12.2 Å². The fraction of sp³-hybridized carbons (Fsp3) is 0.900. The number of carbonyl (C=O) groups is 1. The molecule has 5 saturated carbocycles. The van der Waals surface area contributed by atoms with E-state index in [1.807, 2.05) is 0 Å². The van der Waals surface area contributed by atoms with E-state index in [0.29, 0.717) is 45.3 Å². The van der Waals surface area contributed by atoms with E-state index in [1.54, 1.807) is 0 Å². The van der Waals surface area contributed by atoms with E-state index in [1.165, 1.54) is 51.4 Å². The zero-order valence-corrected chi connectivity index (χ0v) is 21.7. The SMILES string of the molecule is C=C(C=O)C1CC[C@]2(C)CC[C@]3(C)[C@H](CC[C@@H]4[C@@]5(C)CCC(O)C(C)(C)[C@@H]5CC[C@]43C)[C@@H]12. The van der Waals surface area contributed by atoms with Crippen LogP contribution in [0.2, 0.25) is 0 Å². The van der Waals surface area contributed by atoms with Gasteiger partial charge >= 0.3 is 0 Å². The van der Waals surface area contributed by atoms with Gasteiger partial charge in [-0.15, -0.1) is 0 Å². The van der Waals surface area contributed by atoms with Crippen molar-refractivity contribution in [1.29, 1.82) is 0 Å². The van der Waals surface area contributed by atoms with Gasteiger partial charge in [-0.25, -0.2) is 0 Å². The van der Waals surface area contributed by atoms with E-state index in [-0.39, 0.29) is 11.5 Å².